The summed E-state index contributed by atoms with van der Waals surface area (Å²) in [6, 6.07) is 3.57. The number of pyridine rings is 1. The van der Waals surface area contributed by atoms with E-state index in [2.05, 4.69) is 10.3 Å². The van der Waals surface area contributed by atoms with Gasteiger partial charge in [-0.3, -0.25) is 9.59 Å². The molecular weight excluding hydrogens is 282 g/mol. The van der Waals surface area contributed by atoms with E-state index in [9.17, 15) is 9.59 Å². The van der Waals surface area contributed by atoms with Crippen molar-refractivity contribution in [2.24, 2.45) is 11.7 Å². The van der Waals surface area contributed by atoms with E-state index in [1.54, 1.807) is 12.1 Å². The molecule has 0 aromatic carbocycles. The number of furan rings is 1. The first-order chi connectivity index (χ1) is 10.5. The zero-order valence-electron chi connectivity index (χ0n) is 12.5. The summed E-state index contributed by atoms with van der Waals surface area (Å²) in [4.78, 5) is 27.8. The van der Waals surface area contributed by atoms with Crippen LogP contribution >= 0.6 is 0 Å². The third kappa shape index (κ3) is 3.10. The van der Waals surface area contributed by atoms with Gasteiger partial charge >= 0.3 is 0 Å². The molecule has 2 amide bonds. The maximum Gasteiger partial charge on any atom is 0.286 e. The van der Waals surface area contributed by atoms with Crippen LogP contribution in [0.5, 0.6) is 0 Å². The fourth-order valence-electron chi connectivity index (χ4n) is 2.53. The second-order valence-electron chi connectivity index (χ2n) is 5.86. The number of hydrogen-bond acceptors (Lipinski definition) is 4. The summed E-state index contributed by atoms with van der Waals surface area (Å²) in [6.07, 6.45) is 4.94. The van der Waals surface area contributed by atoms with Crippen molar-refractivity contribution in [2.75, 3.05) is 5.32 Å². The molecule has 1 fully saturated rings. The van der Waals surface area contributed by atoms with Crippen LogP contribution in [0.3, 0.4) is 0 Å². The van der Waals surface area contributed by atoms with E-state index in [1.165, 1.54) is 12.8 Å². The molecule has 1 aliphatic carbocycles. The smallest absolute Gasteiger partial charge is 0.286 e. The van der Waals surface area contributed by atoms with E-state index in [0.717, 1.165) is 24.5 Å². The molecule has 3 rings (SSSR count). The van der Waals surface area contributed by atoms with Crippen LogP contribution in [0.1, 0.15) is 48.4 Å². The van der Waals surface area contributed by atoms with Gasteiger partial charge in [0.1, 0.15) is 5.69 Å². The highest BCUT2D eigenvalue weighted by Gasteiger charge is 2.23. The number of nitrogens with two attached hydrogens (primary N) is 1. The summed E-state index contributed by atoms with van der Waals surface area (Å²) in [5.41, 5.74) is 6.72. The molecule has 6 heteroatoms. The van der Waals surface area contributed by atoms with Crippen LogP contribution in [0.2, 0.25) is 0 Å². The molecule has 1 aliphatic rings. The summed E-state index contributed by atoms with van der Waals surface area (Å²) in [7, 11) is 0. The number of carbonyl (C=O) groups excluding carboxylic acids is 2. The summed E-state index contributed by atoms with van der Waals surface area (Å²) in [6.45, 7) is 1.82. The van der Waals surface area contributed by atoms with Gasteiger partial charge in [0.15, 0.2) is 0 Å². The van der Waals surface area contributed by atoms with Crippen molar-refractivity contribution in [1.29, 1.82) is 0 Å². The fraction of sp³-hybridized carbons (Fsp3) is 0.438. The van der Waals surface area contributed by atoms with E-state index < -0.39 is 5.91 Å². The highest BCUT2D eigenvalue weighted by atomic mass is 16.4. The summed E-state index contributed by atoms with van der Waals surface area (Å²) < 4.78 is 5.39. The molecular formula is C16H19N3O3. The van der Waals surface area contributed by atoms with Gasteiger partial charge in [-0.05, 0) is 37.8 Å². The van der Waals surface area contributed by atoms with Crippen molar-refractivity contribution in [3.8, 4) is 0 Å². The molecule has 0 spiro atoms. The number of aromatic nitrogens is 1. The van der Waals surface area contributed by atoms with Gasteiger partial charge in [0, 0.05) is 12.1 Å². The number of nitrogens with zero attached hydrogens (tertiary/aromatic N) is 1. The second kappa shape index (κ2) is 5.79. The first kappa shape index (κ1) is 14.6. The van der Waals surface area contributed by atoms with Crippen molar-refractivity contribution < 1.29 is 14.0 Å². The zero-order chi connectivity index (χ0) is 15.7. The van der Waals surface area contributed by atoms with E-state index in [1.807, 2.05) is 6.92 Å². The van der Waals surface area contributed by atoms with Gasteiger partial charge < -0.3 is 15.5 Å². The lowest BCUT2D eigenvalue weighted by Gasteiger charge is -2.04. The summed E-state index contributed by atoms with van der Waals surface area (Å²) in [5, 5.41) is 3.35. The molecule has 1 saturated carbocycles. The van der Waals surface area contributed by atoms with Gasteiger partial charge in [-0.15, -0.1) is 0 Å². The molecule has 0 aliphatic heterocycles. The molecule has 2 heterocycles. The van der Waals surface area contributed by atoms with Gasteiger partial charge in [-0.2, -0.15) is 0 Å². The summed E-state index contributed by atoms with van der Waals surface area (Å²) >= 11 is 0. The van der Waals surface area contributed by atoms with Gasteiger partial charge in [0.25, 0.3) is 5.91 Å². The van der Waals surface area contributed by atoms with Crippen molar-refractivity contribution in [3.05, 3.63) is 23.6 Å². The Morgan fingerprint density at radius 3 is 2.86 bits per heavy atom. The predicted molar refractivity (Wildman–Crippen MR) is 82.5 cm³/mol. The first-order valence-corrected chi connectivity index (χ1v) is 7.54. The third-order valence-corrected chi connectivity index (χ3v) is 3.90. The number of amides is 2. The van der Waals surface area contributed by atoms with Crippen molar-refractivity contribution in [1.82, 2.24) is 4.98 Å². The Bertz CT molecular complexity index is 732. The highest BCUT2D eigenvalue weighted by Crippen LogP contribution is 2.34. The Balaban J connectivity index is 1.79. The number of anilines is 1. The number of carbonyl (C=O) groups is 2. The van der Waals surface area contributed by atoms with Gasteiger partial charge in [-0.25, -0.2) is 4.98 Å². The molecule has 22 heavy (non-hydrogen) atoms. The Morgan fingerprint density at radius 1 is 1.41 bits per heavy atom. The number of fused-ring (bicyclic) bond motifs is 1. The number of rotatable bonds is 6. The monoisotopic (exact) mass is 301 g/mol. The molecule has 116 valence electrons. The normalized spacial score (nSPS) is 14.2. The largest absolute Gasteiger partial charge is 0.430 e. The lowest BCUT2D eigenvalue weighted by molar-refractivity contribution is -0.116. The quantitative estimate of drug-likeness (QED) is 0.857. The van der Waals surface area contributed by atoms with Gasteiger partial charge in [0.05, 0.1) is 5.39 Å². The third-order valence-electron chi connectivity index (χ3n) is 3.90. The minimum absolute atomic E-state index is 0.0522. The number of aryl methyl sites for hydroxylation is 1. The lowest BCUT2D eigenvalue weighted by atomic mass is 10.1. The van der Waals surface area contributed by atoms with E-state index in [0.29, 0.717) is 23.2 Å². The SMILES string of the molecule is Cc1ccc2c(NC(=O)CCCC3CC3)c(C(N)=O)oc2n1. The number of hydrogen-bond donors (Lipinski definition) is 2. The lowest BCUT2D eigenvalue weighted by Crippen LogP contribution is -2.16. The molecule has 0 bridgehead atoms. The van der Waals surface area contributed by atoms with Crippen LogP contribution in [0, 0.1) is 12.8 Å². The van der Waals surface area contributed by atoms with Crippen LogP contribution in [0.25, 0.3) is 11.1 Å². The Kier molecular flexibility index (Phi) is 3.83. The van der Waals surface area contributed by atoms with Crippen LogP contribution < -0.4 is 11.1 Å². The average molecular weight is 301 g/mol. The van der Waals surface area contributed by atoms with Crippen molar-refractivity contribution in [3.63, 3.8) is 0 Å². The van der Waals surface area contributed by atoms with Crippen LogP contribution in [0.15, 0.2) is 16.5 Å². The molecule has 0 atom stereocenters. The Labute approximate surface area is 128 Å². The molecule has 6 nitrogen and oxygen atoms in total. The zero-order valence-corrected chi connectivity index (χ0v) is 12.5. The molecule has 2 aromatic heterocycles. The fourth-order valence-corrected chi connectivity index (χ4v) is 2.53. The average Bonchev–Trinajstić information content (AvgIpc) is 3.21. The van der Waals surface area contributed by atoms with Gasteiger partial charge in [-0.1, -0.05) is 12.8 Å². The van der Waals surface area contributed by atoms with Gasteiger partial charge in [0.2, 0.25) is 17.4 Å². The maximum atomic E-state index is 12.1. The standard InChI is InChI=1S/C16H19N3O3/c1-9-5-8-11-13(14(15(17)21)22-16(11)18-9)19-12(20)4-2-3-10-6-7-10/h5,8,10H,2-4,6-7H2,1H3,(H2,17,21)(H,19,20). The second-order valence-corrected chi connectivity index (χ2v) is 5.86. The topological polar surface area (TPSA) is 98.2 Å². The Hall–Kier alpha value is -2.37. The van der Waals surface area contributed by atoms with Crippen LogP contribution in [0.4, 0.5) is 5.69 Å². The van der Waals surface area contributed by atoms with E-state index in [-0.39, 0.29) is 11.7 Å². The first-order valence-electron chi connectivity index (χ1n) is 7.54. The molecule has 0 radical (unpaired) electrons. The maximum absolute atomic E-state index is 12.1. The number of primary amides is 1. The summed E-state index contributed by atoms with van der Waals surface area (Å²) in [5.74, 6) is -0.102. The van der Waals surface area contributed by atoms with Crippen molar-refractivity contribution in [2.45, 2.75) is 39.0 Å². The molecule has 0 unspecified atom stereocenters. The predicted octanol–water partition coefficient (Wildman–Crippen LogP) is 2.75. The molecule has 2 aromatic rings. The molecule has 0 saturated heterocycles. The van der Waals surface area contributed by atoms with Crippen molar-refractivity contribution >= 4 is 28.6 Å². The minimum Gasteiger partial charge on any atom is -0.430 e. The molecule has 3 N–H and O–H groups in total. The highest BCUT2D eigenvalue weighted by molar-refractivity contribution is 6.09. The van der Waals surface area contributed by atoms with Crippen LogP contribution in [-0.2, 0) is 4.79 Å². The van der Waals surface area contributed by atoms with Crippen LogP contribution in [-0.4, -0.2) is 16.8 Å². The Morgan fingerprint density at radius 2 is 2.18 bits per heavy atom. The number of nitrogens with one attached hydrogen (secondary N) is 1. The van der Waals surface area contributed by atoms with E-state index in [4.69, 9.17) is 10.2 Å². The van der Waals surface area contributed by atoms with E-state index >= 15 is 0 Å². The minimum atomic E-state index is -0.719.